The summed E-state index contributed by atoms with van der Waals surface area (Å²) in [5.41, 5.74) is 1.32. The lowest BCUT2D eigenvalue weighted by atomic mass is 10.2. The largest absolute Gasteiger partial charge is 0.497 e. The molecule has 0 saturated carbocycles. The van der Waals surface area contributed by atoms with Crippen molar-refractivity contribution >= 4 is 22.7 Å². The van der Waals surface area contributed by atoms with Crippen molar-refractivity contribution in [3.63, 3.8) is 0 Å². The zero-order chi connectivity index (χ0) is 17.8. The smallest absolute Gasteiger partial charge is 0.319 e. The molecule has 3 aromatic rings. The van der Waals surface area contributed by atoms with Gasteiger partial charge in [0.15, 0.2) is 0 Å². The highest BCUT2D eigenvalue weighted by atomic mass is 16.5. The van der Waals surface area contributed by atoms with Crippen molar-refractivity contribution in [2.75, 3.05) is 19.5 Å². The Morgan fingerprint density at radius 3 is 2.60 bits per heavy atom. The van der Waals surface area contributed by atoms with Crippen LogP contribution in [0.2, 0.25) is 0 Å². The lowest BCUT2D eigenvalue weighted by molar-refractivity contribution is 0.247. The molecule has 6 heteroatoms. The van der Waals surface area contributed by atoms with E-state index in [1.54, 1.807) is 32.4 Å². The molecule has 1 atom stereocenters. The maximum absolute atomic E-state index is 12.3. The van der Waals surface area contributed by atoms with Crippen LogP contribution >= 0.6 is 0 Å². The van der Waals surface area contributed by atoms with Crippen LogP contribution in [0.5, 0.6) is 11.5 Å². The van der Waals surface area contributed by atoms with Crippen LogP contribution in [0.4, 0.5) is 10.5 Å². The number of anilines is 1. The normalized spacial score (nSPS) is 11.8. The molecule has 0 aliphatic rings. The maximum Gasteiger partial charge on any atom is 0.319 e. The fraction of sp³-hybridized carbons (Fsp3) is 0.211. The van der Waals surface area contributed by atoms with E-state index >= 15 is 0 Å². The standard InChI is InChI=1S/C19H20N2O4/c1-12(18-10-13-6-4-5-7-16(13)25-18)20-19(22)21-15-11-14(23-2)8-9-17(15)24-3/h4-12H,1-3H3,(H2,20,21,22). The van der Waals surface area contributed by atoms with E-state index in [1.165, 1.54) is 0 Å². The molecule has 3 rings (SSSR count). The van der Waals surface area contributed by atoms with Gasteiger partial charge in [-0.25, -0.2) is 4.79 Å². The van der Waals surface area contributed by atoms with Gasteiger partial charge in [-0.05, 0) is 31.2 Å². The highest BCUT2D eigenvalue weighted by Gasteiger charge is 2.15. The molecule has 1 aromatic heterocycles. The van der Waals surface area contributed by atoms with Gasteiger partial charge in [0.1, 0.15) is 22.8 Å². The summed E-state index contributed by atoms with van der Waals surface area (Å²) in [6.07, 6.45) is 0. The molecule has 0 aliphatic heterocycles. The summed E-state index contributed by atoms with van der Waals surface area (Å²) in [6, 6.07) is 14.2. The Kier molecular flexibility index (Phi) is 4.79. The summed E-state index contributed by atoms with van der Waals surface area (Å²) in [4.78, 5) is 12.3. The number of methoxy groups -OCH3 is 2. The van der Waals surface area contributed by atoms with Gasteiger partial charge in [-0.1, -0.05) is 18.2 Å². The van der Waals surface area contributed by atoms with E-state index in [1.807, 2.05) is 37.3 Å². The van der Waals surface area contributed by atoms with Crippen LogP contribution in [0, 0.1) is 0 Å². The highest BCUT2D eigenvalue weighted by Crippen LogP contribution is 2.29. The third-order valence-corrected chi connectivity index (χ3v) is 3.87. The number of para-hydroxylation sites is 1. The molecule has 25 heavy (non-hydrogen) atoms. The first-order valence-corrected chi connectivity index (χ1v) is 7.88. The monoisotopic (exact) mass is 340 g/mol. The first-order valence-electron chi connectivity index (χ1n) is 7.88. The number of furan rings is 1. The lowest BCUT2D eigenvalue weighted by Crippen LogP contribution is -2.31. The number of carbonyl (C=O) groups is 1. The molecular formula is C19H20N2O4. The average Bonchev–Trinajstić information content (AvgIpc) is 3.06. The van der Waals surface area contributed by atoms with E-state index < -0.39 is 0 Å². The Bertz CT molecular complexity index is 855. The summed E-state index contributed by atoms with van der Waals surface area (Å²) in [5, 5.41) is 6.63. The number of amides is 2. The van der Waals surface area contributed by atoms with Crippen molar-refractivity contribution in [2.24, 2.45) is 0 Å². The van der Waals surface area contributed by atoms with Crippen LogP contribution in [-0.4, -0.2) is 20.3 Å². The molecule has 2 amide bonds. The minimum Gasteiger partial charge on any atom is -0.497 e. The van der Waals surface area contributed by atoms with E-state index in [0.29, 0.717) is 22.9 Å². The molecule has 0 radical (unpaired) electrons. The zero-order valence-electron chi connectivity index (χ0n) is 14.3. The van der Waals surface area contributed by atoms with Crippen molar-refractivity contribution in [1.82, 2.24) is 5.32 Å². The molecule has 6 nitrogen and oxygen atoms in total. The van der Waals surface area contributed by atoms with Crippen LogP contribution in [0.25, 0.3) is 11.0 Å². The molecule has 0 bridgehead atoms. The number of ether oxygens (including phenoxy) is 2. The quantitative estimate of drug-likeness (QED) is 0.725. The van der Waals surface area contributed by atoms with Crippen molar-refractivity contribution in [3.8, 4) is 11.5 Å². The summed E-state index contributed by atoms with van der Waals surface area (Å²) in [6.45, 7) is 1.86. The predicted octanol–water partition coefficient (Wildman–Crippen LogP) is 4.33. The Balaban J connectivity index is 1.71. The van der Waals surface area contributed by atoms with Crippen LogP contribution < -0.4 is 20.1 Å². The van der Waals surface area contributed by atoms with Gasteiger partial charge >= 0.3 is 6.03 Å². The number of hydrogen-bond donors (Lipinski definition) is 2. The van der Waals surface area contributed by atoms with Crippen molar-refractivity contribution in [1.29, 1.82) is 0 Å². The average molecular weight is 340 g/mol. The Morgan fingerprint density at radius 2 is 1.88 bits per heavy atom. The summed E-state index contributed by atoms with van der Waals surface area (Å²) in [5.74, 6) is 1.86. The number of urea groups is 1. The SMILES string of the molecule is COc1ccc(OC)c(NC(=O)NC(C)c2cc3ccccc3o2)c1. The molecule has 2 N–H and O–H groups in total. The number of hydrogen-bond acceptors (Lipinski definition) is 4. The van der Waals surface area contributed by atoms with Gasteiger partial charge in [0.25, 0.3) is 0 Å². The topological polar surface area (TPSA) is 72.7 Å². The van der Waals surface area contributed by atoms with Gasteiger partial charge in [-0.2, -0.15) is 0 Å². The summed E-state index contributed by atoms with van der Waals surface area (Å²) >= 11 is 0. The van der Waals surface area contributed by atoms with Crippen LogP contribution in [0.1, 0.15) is 18.7 Å². The van der Waals surface area contributed by atoms with Gasteiger partial charge < -0.3 is 24.5 Å². The predicted molar refractivity (Wildman–Crippen MR) is 96.3 cm³/mol. The minimum absolute atomic E-state index is 0.288. The maximum atomic E-state index is 12.3. The number of rotatable bonds is 5. The van der Waals surface area contributed by atoms with E-state index in [-0.39, 0.29) is 12.1 Å². The molecule has 0 aliphatic carbocycles. The second-order valence-electron chi connectivity index (χ2n) is 5.57. The van der Waals surface area contributed by atoms with Gasteiger partial charge in [0, 0.05) is 11.5 Å². The Labute approximate surface area is 145 Å². The van der Waals surface area contributed by atoms with Crippen LogP contribution in [-0.2, 0) is 0 Å². The highest BCUT2D eigenvalue weighted by molar-refractivity contribution is 5.91. The van der Waals surface area contributed by atoms with E-state index in [2.05, 4.69) is 10.6 Å². The van der Waals surface area contributed by atoms with E-state index in [4.69, 9.17) is 13.9 Å². The van der Waals surface area contributed by atoms with Gasteiger partial charge in [0.2, 0.25) is 0 Å². The van der Waals surface area contributed by atoms with Gasteiger partial charge in [0.05, 0.1) is 25.9 Å². The molecule has 130 valence electrons. The third-order valence-electron chi connectivity index (χ3n) is 3.87. The Morgan fingerprint density at radius 1 is 1.08 bits per heavy atom. The number of carbonyl (C=O) groups excluding carboxylic acids is 1. The third kappa shape index (κ3) is 3.68. The van der Waals surface area contributed by atoms with Crippen LogP contribution in [0.3, 0.4) is 0 Å². The van der Waals surface area contributed by atoms with Crippen molar-refractivity contribution < 1.29 is 18.7 Å². The molecule has 2 aromatic carbocycles. The molecular weight excluding hydrogens is 320 g/mol. The zero-order valence-corrected chi connectivity index (χ0v) is 14.3. The second-order valence-corrected chi connectivity index (χ2v) is 5.57. The fourth-order valence-corrected chi connectivity index (χ4v) is 2.55. The Hall–Kier alpha value is -3.15. The van der Waals surface area contributed by atoms with Crippen molar-refractivity contribution in [2.45, 2.75) is 13.0 Å². The second kappa shape index (κ2) is 7.17. The number of benzene rings is 2. The first-order chi connectivity index (χ1) is 12.1. The molecule has 0 spiro atoms. The first kappa shape index (κ1) is 16.7. The summed E-state index contributed by atoms with van der Waals surface area (Å²) < 4.78 is 16.2. The van der Waals surface area contributed by atoms with Crippen molar-refractivity contribution in [3.05, 3.63) is 54.3 Å². The molecule has 1 unspecified atom stereocenters. The molecule has 0 fully saturated rings. The minimum atomic E-state index is -0.362. The number of nitrogens with one attached hydrogen (secondary N) is 2. The van der Waals surface area contributed by atoms with Gasteiger partial charge in [-0.15, -0.1) is 0 Å². The van der Waals surface area contributed by atoms with Crippen LogP contribution in [0.15, 0.2) is 52.9 Å². The lowest BCUT2D eigenvalue weighted by Gasteiger charge is -2.15. The number of fused-ring (bicyclic) bond motifs is 1. The van der Waals surface area contributed by atoms with E-state index in [9.17, 15) is 4.79 Å². The summed E-state index contributed by atoms with van der Waals surface area (Å²) in [7, 11) is 3.11. The van der Waals surface area contributed by atoms with E-state index in [0.717, 1.165) is 11.0 Å². The molecule has 0 saturated heterocycles. The van der Waals surface area contributed by atoms with Gasteiger partial charge in [-0.3, -0.25) is 0 Å². The fourth-order valence-electron chi connectivity index (χ4n) is 2.55. The molecule has 1 heterocycles.